The Balaban J connectivity index is 0.00000180. The molecular formula is C12H16Cl2N4OS. The summed E-state index contributed by atoms with van der Waals surface area (Å²) >= 11 is 1.57. The number of hydrogen-bond acceptors (Lipinski definition) is 5. The minimum absolute atomic E-state index is 0. The van der Waals surface area contributed by atoms with Crippen LogP contribution in [0.4, 0.5) is 0 Å². The predicted molar refractivity (Wildman–Crippen MR) is 84.6 cm³/mol. The quantitative estimate of drug-likeness (QED) is 0.896. The van der Waals surface area contributed by atoms with Gasteiger partial charge in [0.25, 0.3) is 5.91 Å². The summed E-state index contributed by atoms with van der Waals surface area (Å²) in [5.41, 5.74) is 6.77. The highest BCUT2D eigenvalue weighted by atomic mass is 35.5. The zero-order valence-electron chi connectivity index (χ0n) is 10.8. The molecule has 0 aliphatic carbocycles. The summed E-state index contributed by atoms with van der Waals surface area (Å²) in [6, 6.07) is 3.37. The highest BCUT2D eigenvalue weighted by Gasteiger charge is 2.07. The Labute approximate surface area is 133 Å². The normalized spacial score (nSPS) is 9.30. The Morgan fingerprint density at radius 1 is 1.40 bits per heavy atom. The lowest BCUT2D eigenvalue weighted by atomic mass is 10.2. The SMILES string of the molecule is Cc1ncc(CNC(=O)c2ccnc(CN)c2)s1.Cl.Cl. The Kier molecular flexibility index (Phi) is 8.33. The fourth-order valence-corrected chi connectivity index (χ4v) is 2.22. The third-order valence-corrected chi connectivity index (χ3v) is 3.29. The molecule has 0 bridgehead atoms. The summed E-state index contributed by atoms with van der Waals surface area (Å²) < 4.78 is 0. The van der Waals surface area contributed by atoms with Gasteiger partial charge in [-0.25, -0.2) is 4.98 Å². The van der Waals surface area contributed by atoms with Gasteiger partial charge in [-0.2, -0.15) is 0 Å². The van der Waals surface area contributed by atoms with Crippen LogP contribution in [0.15, 0.2) is 24.5 Å². The zero-order chi connectivity index (χ0) is 13.0. The van der Waals surface area contributed by atoms with Crippen molar-refractivity contribution in [1.29, 1.82) is 0 Å². The van der Waals surface area contributed by atoms with Gasteiger partial charge in [-0.15, -0.1) is 36.2 Å². The van der Waals surface area contributed by atoms with Crippen molar-refractivity contribution >= 4 is 42.1 Å². The number of aromatic nitrogens is 2. The molecule has 2 aromatic rings. The molecule has 0 fully saturated rings. The van der Waals surface area contributed by atoms with Crippen LogP contribution in [0.3, 0.4) is 0 Å². The van der Waals surface area contributed by atoms with Gasteiger partial charge >= 0.3 is 0 Å². The smallest absolute Gasteiger partial charge is 0.251 e. The maximum absolute atomic E-state index is 11.9. The molecule has 110 valence electrons. The molecule has 0 saturated heterocycles. The summed E-state index contributed by atoms with van der Waals surface area (Å²) in [6.45, 7) is 2.76. The van der Waals surface area contributed by atoms with Gasteiger partial charge in [-0.05, 0) is 19.1 Å². The number of pyridine rings is 1. The van der Waals surface area contributed by atoms with E-state index < -0.39 is 0 Å². The Morgan fingerprint density at radius 2 is 2.15 bits per heavy atom. The van der Waals surface area contributed by atoms with Crippen molar-refractivity contribution in [1.82, 2.24) is 15.3 Å². The van der Waals surface area contributed by atoms with Crippen molar-refractivity contribution in [3.05, 3.63) is 45.7 Å². The first-order valence-corrected chi connectivity index (χ1v) is 6.35. The van der Waals surface area contributed by atoms with Crippen LogP contribution in [0, 0.1) is 6.92 Å². The number of nitrogens with zero attached hydrogens (tertiary/aromatic N) is 2. The van der Waals surface area contributed by atoms with Crippen molar-refractivity contribution in [2.45, 2.75) is 20.0 Å². The van der Waals surface area contributed by atoms with Gasteiger partial charge in [0.15, 0.2) is 0 Å². The molecule has 0 saturated carbocycles. The molecule has 2 aromatic heterocycles. The number of nitrogens with one attached hydrogen (secondary N) is 1. The third kappa shape index (κ3) is 5.05. The molecule has 3 N–H and O–H groups in total. The van der Waals surface area contributed by atoms with Gasteiger partial charge in [0, 0.05) is 29.4 Å². The van der Waals surface area contributed by atoms with E-state index >= 15 is 0 Å². The van der Waals surface area contributed by atoms with Gasteiger partial charge in [0.1, 0.15) is 0 Å². The van der Waals surface area contributed by atoms with Gasteiger partial charge in [0.2, 0.25) is 0 Å². The lowest BCUT2D eigenvalue weighted by Crippen LogP contribution is -2.22. The third-order valence-electron chi connectivity index (χ3n) is 2.38. The minimum atomic E-state index is -0.127. The van der Waals surface area contributed by atoms with E-state index in [0.717, 1.165) is 9.88 Å². The van der Waals surface area contributed by atoms with Gasteiger partial charge in [-0.3, -0.25) is 9.78 Å². The number of aryl methyl sites for hydroxylation is 1. The molecule has 8 heteroatoms. The van der Waals surface area contributed by atoms with Crippen LogP contribution in [0.5, 0.6) is 0 Å². The van der Waals surface area contributed by atoms with Crippen molar-refractivity contribution in [3.8, 4) is 0 Å². The molecule has 0 aliphatic rings. The van der Waals surface area contributed by atoms with Crippen LogP contribution >= 0.6 is 36.2 Å². The van der Waals surface area contributed by atoms with Crippen molar-refractivity contribution in [3.63, 3.8) is 0 Å². The van der Waals surface area contributed by atoms with E-state index in [1.54, 1.807) is 35.9 Å². The number of carbonyl (C=O) groups is 1. The van der Waals surface area contributed by atoms with Gasteiger partial charge in [0.05, 0.1) is 17.2 Å². The second kappa shape index (κ2) is 8.86. The molecule has 0 aromatic carbocycles. The molecule has 0 unspecified atom stereocenters. The lowest BCUT2D eigenvalue weighted by molar-refractivity contribution is 0.0951. The lowest BCUT2D eigenvalue weighted by Gasteiger charge is -2.04. The molecule has 1 amide bonds. The molecule has 20 heavy (non-hydrogen) atoms. The first-order valence-electron chi connectivity index (χ1n) is 5.53. The molecule has 2 heterocycles. The van der Waals surface area contributed by atoms with Crippen LogP contribution < -0.4 is 11.1 Å². The molecule has 0 atom stereocenters. The predicted octanol–water partition coefficient (Wildman–Crippen LogP) is 2.08. The van der Waals surface area contributed by atoms with Crippen LogP contribution in [0.25, 0.3) is 0 Å². The fraction of sp³-hybridized carbons (Fsp3) is 0.250. The standard InChI is InChI=1S/C12H14N4OS.2ClH/c1-8-15-6-11(18-8)7-16-12(17)9-2-3-14-10(4-9)5-13;;/h2-4,6H,5,7,13H2,1H3,(H,16,17);2*1H. The first kappa shape index (κ1) is 18.8. The van der Waals surface area contributed by atoms with Gasteiger partial charge < -0.3 is 11.1 Å². The van der Waals surface area contributed by atoms with Crippen LogP contribution in [-0.2, 0) is 13.1 Å². The summed E-state index contributed by atoms with van der Waals surface area (Å²) in [6.07, 6.45) is 3.37. The second-order valence-electron chi connectivity index (χ2n) is 3.77. The maximum atomic E-state index is 11.9. The number of nitrogens with two attached hydrogens (primary N) is 1. The van der Waals surface area contributed by atoms with E-state index in [1.807, 2.05) is 6.92 Å². The monoisotopic (exact) mass is 334 g/mol. The van der Waals surface area contributed by atoms with E-state index in [-0.39, 0.29) is 30.7 Å². The summed E-state index contributed by atoms with van der Waals surface area (Å²) in [5, 5.41) is 3.84. The Morgan fingerprint density at radius 3 is 2.75 bits per heavy atom. The number of rotatable bonds is 4. The van der Waals surface area contributed by atoms with E-state index in [4.69, 9.17) is 5.73 Å². The number of halogens is 2. The molecular weight excluding hydrogens is 319 g/mol. The Bertz CT molecular complexity index is 562. The number of thiazole rings is 1. The van der Waals surface area contributed by atoms with Crippen molar-refractivity contribution in [2.24, 2.45) is 5.73 Å². The molecule has 5 nitrogen and oxygen atoms in total. The molecule has 0 radical (unpaired) electrons. The van der Waals surface area contributed by atoms with Crippen molar-refractivity contribution < 1.29 is 4.79 Å². The van der Waals surface area contributed by atoms with Crippen LogP contribution in [0.1, 0.15) is 25.9 Å². The van der Waals surface area contributed by atoms with E-state index in [1.165, 1.54) is 0 Å². The number of hydrogen-bond donors (Lipinski definition) is 2. The average molecular weight is 335 g/mol. The highest BCUT2D eigenvalue weighted by molar-refractivity contribution is 7.11. The fourth-order valence-electron chi connectivity index (χ4n) is 1.49. The number of carbonyl (C=O) groups excluding carboxylic acids is 1. The molecule has 0 spiro atoms. The molecule has 0 aliphatic heterocycles. The second-order valence-corrected chi connectivity index (χ2v) is 5.09. The zero-order valence-corrected chi connectivity index (χ0v) is 13.3. The van der Waals surface area contributed by atoms with Crippen LogP contribution in [0.2, 0.25) is 0 Å². The number of amides is 1. The van der Waals surface area contributed by atoms with E-state index in [9.17, 15) is 4.79 Å². The van der Waals surface area contributed by atoms with E-state index in [0.29, 0.717) is 24.3 Å². The van der Waals surface area contributed by atoms with Crippen molar-refractivity contribution in [2.75, 3.05) is 0 Å². The summed E-state index contributed by atoms with van der Waals surface area (Å²) in [4.78, 5) is 21.1. The first-order chi connectivity index (χ1) is 8.69. The van der Waals surface area contributed by atoms with Crippen LogP contribution in [-0.4, -0.2) is 15.9 Å². The summed E-state index contributed by atoms with van der Waals surface area (Å²) in [7, 11) is 0. The summed E-state index contributed by atoms with van der Waals surface area (Å²) in [5.74, 6) is -0.127. The maximum Gasteiger partial charge on any atom is 0.251 e. The molecule has 2 rings (SSSR count). The average Bonchev–Trinajstić information content (AvgIpc) is 2.82. The Hall–Kier alpha value is -1.21. The largest absolute Gasteiger partial charge is 0.347 e. The van der Waals surface area contributed by atoms with Gasteiger partial charge in [-0.1, -0.05) is 0 Å². The topological polar surface area (TPSA) is 80.9 Å². The highest BCUT2D eigenvalue weighted by Crippen LogP contribution is 2.11. The minimum Gasteiger partial charge on any atom is -0.347 e. The van der Waals surface area contributed by atoms with E-state index in [2.05, 4.69) is 15.3 Å².